The molecule has 3 N–H and O–H groups in total. The van der Waals surface area contributed by atoms with Crippen molar-refractivity contribution in [2.45, 2.75) is 0 Å². The van der Waals surface area contributed by atoms with E-state index in [2.05, 4.69) is 5.32 Å². The summed E-state index contributed by atoms with van der Waals surface area (Å²) in [5, 5.41) is 2.93. The van der Waals surface area contributed by atoms with Crippen molar-refractivity contribution in [3.63, 3.8) is 0 Å². The molecule has 19 heavy (non-hydrogen) atoms. The highest BCUT2D eigenvalue weighted by Gasteiger charge is 2.10. The van der Waals surface area contributed by atoms with Gasteiger partial charge in [0, 0.05) is 11.3 Å². The summed E-state index contributed by atoms with van der Waals surface area (Å²) < 4.78 is 0. The van der Waals surface area contributed by atoms with Crippen LogP contribution in [0, 0.1) is 0 Å². The summed E-state index contributed by atoms with van der Waals surface area (Å²) in [7, 11) is 0. The van der Waals surface area contributed by atoms with Gasteiger partial charge in [0.25, 0.3) is 5.91 Å². The van der Waals surface area contributed by atoms with Crippen LogP contribution in [0.5, 0.6) is 0 Å². The van der Waals surface area contributed by atoms with Crippen LogP contribution in [-0.4, -0.2) is 11.8 Å². The van der Waals surface area contributed by atoms with Crippen LogP contribution in [0.15, 0.2) is 48.5 Å². The van der Waals surface area contributed by atoms with Crippen LogP contribution in [0.3, 0.4) is 0 Å². The van der Waals surface area contributed by atoms with Crippen LogP contribution in [-0.2, 0) is 0 Å². The van der Waals surface area contributed by atoms with Gasteiger partial charge in [-0.3, -0.25) is 9.59 Å². The number of amides is 2. The maximum absolute atomic E-state index is 11.9. The predicted octanol–water partition coefficient (Wildman–Crippen LogP) is 2.69. The zero-order valence-corrected chi connectivity index (χ0v) is 10.6. The Kier molecular flexibility index (Phi) is 3.82. The number of anilines is 1. The lowest BCUT2D eigenvalue weighted by molar-refractivity contribution is 0.0996. The summed E-state index contributed by atoms with van der Waals surface area (Å²) in [4.78, 5) is 23.1. The van der Waals surface area contributed by atoms with Crippen molar-refractivity contribution >= 4 is 29.1 Å². The van der Waals surface area contributed by atoms with Crippen molar-refractivity contribution in [2.24, 2.45) is 5.73 Å². The molecule has 0 aliphatic rings. The van der Waals surface area contributed by atoms with Gasteiger partial charge in [-0.1, -0.05) is 29.8 Å². The number of halogens is 1. The second kappa shape index (κ2) is 5.54. The highest BCUT2D eigenvalue weighted by Crippen LogP contribution is 2.20. The Morgan fingerprint density at radius 2 is 1.74 bits per heavy atom. The molecule has 2 amide bonds. The summed E-state index contributed by atoms with van der Waals surface area (Å²) in [6.07, 6.45) is 0. The molecular weight excluding hydrogens is 264 g/mol. The quantitative estimate of drug-likeness (QED) is 0.903. The molecule has 0 spiro atoms. The zero-order chi connectivity index (χ0) is 13.8. The second-order valence-corrected chi connectivity index (χ2v) is 4.29. The van der Waals surface area contributed by atoms with E-state index in [1.807, 2.05) is 6.07 Å². The first-order valence-corrected chi connectivity index (χ1v) is 5.91. The van der Waals surface area contributed by atoms with Crippen molar-refractivity contribution in [2.75, 3.05) is 5.32 Å². The minimum absolute atomic E-state index is 0.174. The van der Waals surface area contributed by atoms with E-state index in [1.54, 1.807) is 30.3 Å². The number of carbonyl (C=O) groups excluding carboxylic acids is 2. The number of rotatable bonds is 3. The first-order chi connectivity index (χ1) is 9.08. The van der Waals surface area contributed by atoms with Gasteiger partial charge in [-0.05, 0) is 30.3 Å². The molecule has 0 heterocycles. The van der Waals surface area contributed by atoms with E-state index in [-0.39, 0.29) is 16.5 Å². The van der Waals surface area contributed by atoms with Gasteiger partial charge < -0.3 is 11.1 Å². The van der Waals surface area contributed by atoms with Crippen LogP contribution in [0.1, 0.15) is 20.7 Å². The van der Waals surface area contributed by atoms with E-state index < -0.39 is 5.91 Å². The first kappa shape index (κ1) is 13.1. The SMILES string of the molecule is NC(=O)c1cc(NC(=O)c2ccccc2)ccc1Cl. The van der Waals surface area contributed by atoms with E-state index >= 15 is 0 Å². The summed E-state index contributed by atoms with van der Waals surface area (Å²) in [5.74, 6) is -0.904. The summed E-state index contributed by atoms with van der Waals surface area (Å²) in [5.41, 5.74) is 6.35. The normalized spacial score (nSPS) is 9.95. The Balaban J connectivity index is 2.23. The van der Waals surface area contributed by atoms with E-state index in [4.69, 9.17) is 17.3 Å². The molecule has 4 nitrogen and oxygen atoms in total. The molecule has 2 aromatic rings. The smallest absolute Gasteiger partial charge is 0.255 e. The van der Waals surface area contributed by atoms with Crippen molar-refractivity contribution in [3.8, 4) is 0 Å². The molecule has 0 saturated carbocycles. The predicted molar refractivity (Wildman–Crippen MR) is 74.4 cm³/mol. The summed E-state index contributed by atoms with van der Waals surface area (Å²) in [6, 6.07) is 13.3. The number of hydrogen-bond acceptors (Lipinski definition) is 2. The van der Waals surface area contributed by atoms with Crippen molar-refractivity contribution in [1.82, 2.24) is 0 Å². The van der Waals surface area contributed by atoms with Crippen LogP contribution >= 0.6 is 11.6 Å². The summed E-state index contributed by atoms with van der Waals surface area (Å²) in [6.45, 7) is 0. The molecule has 0 radical (unpaired) electrons. The van der Waals surface area contributed by atoms with Gasteiger partial charge >= 0.3 is 0 Å². The third-order valence-corrected chi connectivity index (χ3v) is 2.86. The number of nitrogens with one attached hydrogen (secondary N) is 1. The zero-order valence-electron chi connectivity index (χ0n) is 9.89. The van der Waals surface area contributed by atoms with Crippen LogP contribution in [0.25, 0.3) is 0 Å². The molecule has 2 rings (SSSR count). The molecular formula is C14H11ClN2O2. The third-order valence-electron chi connectivity index (χ3n) is 2.53. The fourth-order valence-electron chi connectivity index (χ4n) is 1.58. The third kappa shape index (κ3) is 3.11. The van der Waals surface area contributed by atoms with Crippen molar-refractivity contribution in [3.05, 3.63) is 64.7 Å². The second-order valence-electron chi connectivity index (χ2n) is 3.88. The molecule has 5 heteroatoms. The average molecular weight is 275 g/mol. The van der Waals surface area contributed by atoms with E-state index in [1.165, 1.54) is 12.1 Å². The molecule has 0 atom stereocenters. The van der Waals surface area contributed by atoms with Gasteiger partial charge in [0.1, 0.15) is 0 Å². The van der Waals surface area contributed by atoms with Gasteiger partial charge in [-0.25, -0.2) is 0 Å². The van der Waals surface area contributed by atoms with Crippen molar-refractivity contribution in [1.29, 1.82) is 0 Å². The molecule has 0 aromatic heterocycles. The minimum Gasteiger partial charge on any atom is -0.366 e. The Morgan fingerprint density at radius 3 is 2.37 bits per heavy atom. The molecule has 0 unspecified atom stereocenters. The molecule has 2 aromatic carbocycles. The van der Waals surface area contributed by atoms with Gasteiger partial charge in [-0.2, -0.15) is 0 Å². The number of carbonyl (C=O) groups is 2. The lowest BCUT2D eigenvalue weighted by Gasteiger charge is -2.07. The molecule has 0 bridgehead atoms. The molecule has 0 fully saturated rings. The Labute approximate surface area is 115 Å². The van der Waals surface area contributed by atoms with Crippen molar-refractivity contribution < 1.29 is 9.59 Å². The highest BCUT2D eigenvalue weighted by atomic mass is 35.5. The Hall–Kier alpha value is -2.33. The number of benzene rings is 2. The first-order valence-electron chi connectivity index (χ1n) is 5.53. The standard InChI is InChI=1S/C14H11ClN2O2/c15-12-7-6-10(8-11(12)13(16)18)17-14(19)9-4-2-1-3-5-9/h1-8H,(H2,16,18)(H,17,19). The number of hydrogen-bond donors (Lipinski definition) is 2. The largest absolute Gasteiger partial charge is 0.366 e. The van der Waals surface area contributed by atoms with Crippen LogP contribution < -0.4 is 11.1 Å². The molecule has 0 aliphatic carbocycles. The van der Waals surface area contributed by atoms with E-state index in [0.29, 0.717) is 11.3 Å². The topological polar surface area (TPSA) is 72.2 Å². The van der Waals surface area contributed by atoms with Crippen LogP contribution in [0.4, 0.5) is 5.69 Å². The minimum atomic E-state index is -0.638. The monoisotopic (exact) mass is 274 g/mol. The fourth-order valence-corrected chi connectivity index (χ4v) is 1.80. The van der Waals surface area contributed by atoms with Gasteiger partial charge in [0.15, 0.2) is 0 Å². The molecule has 0 aliphatic heterocycles. The van der Waals surface area contributed by atoms with Crippen LogP contribution in [0.2, 0.25) is 5.02 Å². The lowest BCUT2D eigenvalue weighted by atomic mass is 10.1. The maximum Gasteiger partial charge on any atom is 0.255 e. The van der Waals surface area contributed by atoms with Gasteiger partial charge in [-0.15, -0.1) is 0 Å². The van der Waals surface area contributed by atoms with Gasteiger partial charge in [0.2, 0.25) is 5.91 Å². The average Bonchev–Trinajstić information content (AvgIpc) is 2.41. The molecule has 96 valence electrons. The lowest BCUT2D eigenvalue weighted by Crippen LogP contribution is -2.14. The molecule has 0 saturated heterocycles. The summed E-state index contributed by atoms with van der Waals surface area (Å²) >= 11 is 5.83. The Bertz CT molecular complexity index is 627. The number of primary amides is 1. The maximum atomic E-state index is 11.9. The Morgan fingerprint density at radius 1 is 1.05 bits per heavy atom. The van der Waals surface area contributed by atoms with Gasteiger partial charge in [0.05, 0.1) is 10.6 Å². The van der Waals surface area contributed by atoms with E-state index in [9.17, 15) is 9.59 Å². The highest BCUT2D eigenvalue weighted by molar-refractivity contribution is 6.34. The number of nitrogens with two attached hydrogens (primary N) is 1. The fraction of sp³-hybridized carbons (Fsp3) is 0. The van der Waals surface area contributed by atoms with E-state index in [0.717, 1.165) is 0 Å².